The molecule has 0 bridgehead atoms. The van der Waals surface area contributed by atoms with Gasteiger partial charge in [0.25, 0.3) is 0 Å². The molecule has 3 rings (SSSR count). The highest BCUT2D eigenvalue weighted by Crippen LogP contribution is 2.33. The average Bonchev–Trinajstić information content (AvgIpc) is 2.56. The summed E-state index contributed by atoms with van der Waals surface area (Å²) in [5.74, 6) is 0.869. The second-order valence-electron chi connectivity index (χ2n) is 5.90. The van der Waals surface area contributed by atoms with Crippen LogP contribution in [0.4, 0.5) is 0 Å². The number of hydrogen-bond donors (Lipinski definition) is 0. The predicted molar refractivity (Wildman–Crippen MR) is 89.1 cm³/mol. The summed E-state index contributed by atoms with van der Waals surface area (Å²) in [6.45, 7) is 4.13. The molecule has 22 heavy (non-hydrogen) atoms. The summed E-state index contributed by atoms with van der Waals surface area (Å²) in [6.07, 6.45) is 4.35. The topological polar surface area (TPSA) is 18.5 Å². The Morgan fingerprint density at radius 1 is 1.09 bits per heavy atom. The molecule has 2 unspecified atom stereocenters. The number of benzene rings is 2. The van der Waals surface area contributed by atoms with Gasteiger partial charge in [0.05, 0.1) is 6.10 Å². The van der Waals surface area contributed by atoms with Crippen molar-refractivity contribution in [3.63, 3.8) is 0 Å². The number of aryl methyl sites for hydroxylation is 2. The number of ether oxygens (including phenoxy) is 2. The summed E-state index contributed by atoms with van der Waals surface area (Å²) in [5.41, 5.74) is 4.06. The van der Waals surface area contributed by atoms with E-state index in [1.165, 1.54) is 23.1 Å². The fourth-order valence-electron chi connectivity index (χ4n) is 3.11. The number of rotatable bonds is 5. The van der Waals surface area contributed by atoms with E-state index in [4.69, 9.17) is 9.47 Å². The van der Waals surface area contributed by atoms with Crippen LogP contribution in [0.5, 0.6) is 5.75 Å². The van der Waals surface area contributed by atoms with Crippen molar-refractivity contribution in [1.29, 1.82) is 0 Å². The van der Waals surface area contributed by atoms with Crippen LogP contribution < -0.4 is 4.74 Å². The first-order valence-electron chi connectivity index (χ1n) is 8.25. The highest BCUT2D eigenvalue weighted by atomic mass is 16.7. The summed E-state index contributed by atoms with van der Waals surface area (Å²) in [5, 5.41) is 0. The molecule has 0 radical (unpaired) electrons. The predicted octanol–water partition coefficient (Wildman–Crippen LogP) is 5.07. The first kappa shape index (κ1) is 15.1. The maximum atomic E-state index is 6.16. The SMILES string of the molecule is CCc1ccc(OC(C)OC2CCCc3ccccc32)cc1. The Labute approximate surface area is 133 Å². The van der Waals surface area contributed by atoms with E-state index in [1.807, 2.05) is 19.1 Å². The molecule has 0 fully saturated rings. The second kappa shape index (κ2) is 6.97. The van der Waals surface area contributed by atoms with E-state index >= 15 is 0 Å². The first-order valence-corrected chi connectivity index (χ1v) is 8.25. The first-order chi connectivity index (χ1) is 10.8. The zero-order valence-corrected chi connectivity index (χ0v) is 13.4. The lowest BCUT2D eigenvalue weighted by molar-refractivity contribution is -0.114. The molecule has 1 aliphatic rings. The van der Waals surface area contributed by atoms with Crippen LogP contribution in [0.1, 0.15) is 49.5 Å². The van der Waals surface area contributed by atoms with Crippen molar-refractivity contribution in [1.82, 2.24) is 0 Å². The lowest BCUT2D eigenvalue weighted by Gasteiger charge is -2.28. The largest absolute Gasteiger partial charge is 0.465 e. The molecular weight excluding hydrogens is 272 g/mol. The van der Waals surface area contributed by atoms with Crippen molar-refractivity contribution < 1.29 is 9.47 Å². The van der Waals surface area contributed by atoms with Crippen molar-refractivity contribution >= 4 is 0 Å². The monoisotopic (exact) mass is 296 g/mol. The zero-order valence-electron chi connectivity index (χ0n) is 13.4. The van der Waals surface area contributed by atoms with Crippen LogP contribution in [-0.2, 0) is 17.6 Å². The third-order valence-corrected chi connectivity index (χ3v) is 4.30. The van der Waals surface area contributed by atoms with Crippen molar-refractivity contribution in [3.05, 3.63) is 65.2 Å². The molecule has 2 heteroatoms. The standard InChI is InChI=1S/C20H24O2/c1-3-16-11-13-18(14-12-16)21-15(2)22-20-10-6-8-17-7-4-5-9-19(17)20/h4-5,7,9,11-15,20H,3,6,8,10H2,1-2H3. The van der Waals surface area contributed by atoms with E-state index in [0.717, 1.165) is 25.0 Å². The number of fused-ring (bicyclic) bond motifs is 1. The zero-order chi connectivity index (χ0) is 15.4. The maximum Gasteiger partial charge on any atom is 0.197 e. The molecule has 2 aromatic carbocycles. The van der Waals surface area contributed by atoms with Gasteiger partial charge in [-0.3, -0.25) is 0 Å². The van der Waals surface area contributed by atoms with E-state index < -0.39 is 0 Å². The lowest BCUT2D eigenvalue weighted by Crippen LogP contribution is -2.22. The second-order valence-corrected chi connectivity index (χ2v) is 5.90. The minimum Gasteiger partial charge on any atom is -0.465 e. The van der Waals surface area contributed by atoms with E-state index in [0.29, 0.717) is 0 Å². The Hall–Kier alpha value is -1.80. The van der Waals surface area contributed by atoms with E-state index in [-0.39, 0.29) is 12.4 Å². The van der Waals surface area contributed by atoms with Gasteiger partial charge in [0.15, 0.2) is 6.29 Å². The highest BCUT2D eigenvalue weighted by molar-refractivity contribution is 5.31. The Morgan fingerprint density at radius 3 is 2.64 bits per heavy atom. The molecule has 0 saturated carbocycles. The molecular formula is C20H24O2. The molecule has 116 valence electrons. The minimum absolute atomic E-state index is 0.148. The van der Waals surface area contributed by atoms with Crippen LogP contribution in [-0.4, -0.2) is 6.29 Å². The smallest absolute Gasteiger partial charge is 0.197 e. The molecule has 1 aliphatic carbocycles. The summed E-state index contributed by atoms with van der Waals surface area (Å²) in [6, 6.07) is 16.9. The molecule has 0 heterocycles. The van der Waals surface area contributed by atoms with Gasteiger partial charge in [0, 0.05) is 0 Å². The van der Waals surface area contributed by atoms with E-state index in [1.54, 1.807) is 0 Å². The van der Waals surface area contributed by atoms with Crippen molar-refractivity contribution in [2.24, 2.45) is 0 Å². The Kier molecular flexibility index (Phi) is 4.79. The summed E-state index contributed by atoms with van der Waals surface area (Å²) in [4.78, 5) is 0. The highest BCUT2D eigenvalue weighted by Gasteiger charge is 2.22. The van der Waals surface area contributed by atoms with Gasteiger partial charge in [-0.05, 0) is 61.4 Å². The Balaban J connectivity index is 1.63. The van der Waals surface area contributed by atoms with E-state index in [2.05, 4.69) is 43.3 Å². The van der Waals surface area contributed by atoms with Gasteiger partial charge in [0.2, 0.25) is 0 Å². The quantitative estimate of drug-likeness (QED) is 0.717. The van der Waals surface area contributed by atoms with Gasteiger partial charge in [-0.15, -0.1) is 0 Å². The van der Waals surface area contributed by atoms with Gasteiger partial charge in [-0.1, -0.05) is 43.3 Å². The fourth-order valence-corrected chi connectivity index (χ4v) is 3.11. The molecule has 0 spiro atoms. The molecule has 0 amide bonds. The van der Waals surface area contributed by atoms with Crippen molar-refractivity contribution in [3.8, 4) is 5.75 Å². The molecule has 2 nitrogen and oxygen atoms in total. The van der Waals surface area contributed by atoms with Crippen LogP contribution >= 0.6 is 0 Å². The van der Waals surface area contributed by atoms with Crippen LogP contribution in [0.3, 0.4) is 0 Å². The molecule has 0 N–H and O–H groups in total. The average molecular weight is 296 g/mol. The molecule has 0 aliphatic heterocycles. The normalized spacial score (nSPS) is 18.5. The molecule has 0 aromatic heterocycles. The maximum absolute atomic E-state index is 6.16. The van der Waals surface area contributed by atoms with Gasteiger partial charge >= 0.3 is 0 Å². The molecule has 2 atom stereocenters. The molecule has 2 aromatic rings. The van der Waals surface area contributed by atoms with Crippen molar-refractivity contribution in [2.75, 3.05) is 0 Å². The molecule has 0 saturated heterocycles. The van der Waals surface area contributed by atoms with Gasteiger partial charge in [0.1, 0.15) is 5.75 Å². The van der Waals surface area contributed by atoms with Crippen LogP contribution in [0.2, 0.25) is 0 Å². The third kappa shape index (κ3) is 3.50. The lowest BCUT2D eigenvalue weighted by atomic mass is 9.89. The number of hydrogen-bond acceptors (Lipinski definition) is 2. The summed E-state index contributed by atoms with van der Waals surface area (Å²) >= 11 is 0. The third-order valence-electron chi connectivity index (χ3n) is 4.30. The Morgan fingerprint density at radius 2 is 1.86 bits per heavy atom. The summed E-state index contributed by atoms with van der Waals surface area (Å²) < 4.78 is 12.1. The fraction of sp³-hybridized carbons (Fsp3) is 0.400. The van der Waals surface area contributed by atoms with Crippen LogP contribution in [0.15, 0.2) is 48.5 Å². The van der Waals surface area contributed by atoms with Crippen molar-refractivity contribution in [2.45, 2.75) is 51.9 Å². The van der Waals surface area contributed by atoms with Gasteiger partial charge in [-0.2, -0.15) is 0 Å². The van der Waals surface area contributed by atoms with Crippen LogP contribution in [0.25, 0.3) is 0 Å². The van der Waals surface area contributed by atoms with Gasteiger partial charge in [-0.25, -0.2) is 0 Å². The summed E-state index contributed by atoms with van der Waals surface area (Å²) in [7, 11) is 0. The Bertz CT molecular complexity index is 603. The minimum atomic E-state index is -0.247. The van der Waals surface area contributed by atoms with Crippen LogP contribution in [0, 0.1) is 0 Å². The van der Waals surface area contributed by atoms with Gasteiger partial charge < -0.3 is 9.47 Å². The van der Waals surface area contributed by atoms with E-state index in [9.17, 15) is 0 Å².